The van der Waals surface area contributed by atoms with Crippen LogP contribution in [0, 0.1) is 24.5 Å². The summed E-state index contributed by atoms with van der Waals surface area (Å²) in [5, 5.41) is 0. The van der Waals surface area contributed by atoms with Crippen LogP contribution < -0.4 is 9.47 Å². The second kappa shape index (κ2) is 11.8. The van der Waals surface area contributed by atoms with Crippen molar-refractivity contribution in [1.29, 1.82) is 0 Å². The second-order valence-corrected chi connectivity index (χ2v) is 9.63. The maximum absolute atomic E-state index is 15.0. The highest BCUT2D eigenvalue weighted by molar-refractivity contribution is 5.72. The lowest BCUT2D eigenvalue weighted by molar-refractivity contribution is -0.0498. The molecule has 1 fully saturated rings. The molecule has 192 valence electrons. The summed E-state index contributed by atoms with van der Waals surface area (Å²) < 4.78 is 64.3. The molecule has 0 aliphatic heterocycles. The van der Waals surface area contributed by atoms with Gasteiger partial charge in [-0.15, -0.1) is 0 Å². The minimum atomic E-state index is -2.95. The molecule has 2 nitrogen and oxygen atoms in total. The topological polar surface area (TPSA) is 18.5 Å². The van der Waals surface area contributed by atoms with Crippen molar-refractivity contribution in [1.82, 2.24) is 0 Å². The number of unbranched alkanes of at least 4 members (excludes halogenated alkanes) is 1. The zero-order valence-electron chi connectivity index (χ0n) is 20.7. The average Bonchev–Trinajstić information content (AvgIpc) is 2.89. The van der Waals surface area contributed by atoms with Crippen molar-refractivity contribution in [3.8, 4) is 28.4 Å². The molecule has 0 amide bonds. The average molecular weight is 501 g/mol. The van der Waals surface area contributed by atoms with Gasteiger partial charge < -0.3 is 9.47 Å². The molecule has 0 heterocycles. The lowest BCUT2D eigenvalue weighted by Gasteiger charge is -2.29. The Kier molecular flexibility index (Phi) is 8.55. The van der Waals surface area contributed by atoms with Gasteiger partial charge in [0, 0.05) is 5.56 Å². The van der Waals surface area contributed by atoms with Gasteiger partial charge in [0.05, 0.1) is 0 Å². The third-order valence-electron chi connectivity index (χ3n) is 7.12. The van der Waals surface area contributed by atoms with E-state index in [1.54, 1.807) is 6.07 Å². The van der Waals surface area contributed by atoms with Crippen molar-refractivity contribution in [3.05, 3.63) is 77.4 Å². The highest BCUT2D eigenvalue weighted by Crippen LogP contribution is 2.41. The van der Waals surface area contributed by atoms with E-state index < -0.39 is 18.2 Å². The van der Waals surface area contributed by atoms with Crippen LogP contribution in [0.5, 0.6) is 17.2 Å². The predicted molar refractivity (Wildman–Crippen MR) is 134 cm³/mol. The maximum Gasteiger partial charge on any atom is 0.387 e. The van der Waals surface area contributed by atoms with Gasteiger partial charge in [0.25, 0.3) is 0 Å². The van der Waals surface area contributed by atoms with E-state index in [0.29, 0.717) is 17.0 Å². The van der Waals surface area contributed by atoms with Gasteiger partial charge in [-0.2, -0.15) is 13.2 Å². The highest BCUT2D eigenvalue weighted by Gasteiger charge is 2.23. The van der Waals surface area contributed by atoms with Gasteiger partial charge in [-0.25, -0.2) is 4.39 Å². The normalized spacial score (nSPS) is 17.9. The molecule has 0 spiro atoms. The lowest BCUT2D eigenvalue weighted by atomic mass is 9.77. The summed E-state index contributed by atoms with van der Waals surface area (Å²) in [6, 6.07) is 14.9. The molecule has 0 unspecified atom stereocenters. The fraction of sp³-hybridized carbons (Fsp3) is 0.400. The molecule has 0 aromatic heterocycles. The molecule has 0 bridgehead atoms. The van der Waals surface area contributed by atoms with Crippen molar-refractivity contribution in [2.45, 2.75) is 71.3 Å². The molecule has 0 saturated heterocycles. The van der Waals surface area contributed by atoms with E-state index in [9.17, 15) is 13.2 Å². The van der Waals surface area contributed by atoms with Crippen LogP contribution in [0.1, 0.15) is 68.9 Å². The van der Waals surface area contributed by atoms with E-state index in [-0.39, 0.29) is 22.8 Å². The van der Waals surface area contributed by atoms with Crippen LogP contribution in [0.3, 0.4) is 0 Å². The number of benzene rings is 3. The third kappa shape index (κ3) is 6.21. The fourth-order valence-corrected chi connectivity index (χ4v) is 5.07. The Balaban J connectivity index is 1.54. The molecule has 0 atom stereocenters. The minimum Gasteiger partial charge on any atom is -0.454 e. The summed E-state index contributed by atoms with van der Waals surface area (Å²) >= 11 is 0. The Bertz CT molecular complexity index is 1140. The molecule has 0 N–H and O–H groups in total. The molecular formula is C30H32F4O2. The quantitative estimate of drug-likeness (QED) is 0.272. The monoisotopic (exact) mass is 500 g/mol. The number of halogens is 4. The van der Waals surface area contributed by atoms with Gasteiger partial charge in [-0.05, 0) is 91.5 Å². The van der Waals surface area contributed by atoms with Crippen molar-refractivity contribution in [2.75, 3.05) is 0 Å². The lowest BCUT2D eigenvalue weighted by Crippen LogP contribution is -2.13. The van der Waals surface area contributed by atoms with Crippen LogP contribution in [0.15, 0.2) is 54.6 Å². The van der Waals surface area contributed by atoms with Gasteiger partial charge in [0.2, 0.25) is 5.82 Å². The van der Waals surface area contributed by atoms with Crippen LogP contribution in [-0.2, 0) is 0 Å². The first-order valence-corrected chi connectivity index (χ1v) is 12.7. The first-order valence-electron chi connectivity index (χ1n) is 12.7. The molecule has 0 radical (unpaired) electrons. The van der Waals surface area contributed by atoms with E-state index in [1.165, 1.54) is 81.7 Å². The number of hydrogen-bond acceptors (Lipinski definition) is 2. The Morgan fingerprint density at radius 1 is 0.861 bits per heavy atom. The Morgan fingerprint density at radius 2 is 1.50 bits per heavy atom. The van der Waals surface area contributed by atoms with E-state index in [1.807, 2.05) is 12.1 Å². The van der Waals surface area contributed by atoms with Crippen LogP contribution in [0.4, 0.5) is 17.6 Å². The maximum atomic E-state index is 15.0. The minimum absolute atomic E-state index is 0.0527. The first-order chi connectivity index (χ1) is 17.4. The Morgan fingerprint density at radius 3 is 2.11 bits per heavy atom. The summed E-state index contributed by atoms with van der Waals surface area (Å²) in [6.45, 7) is 0.791. The molecule has 1 saturated carbocycles. The second-order valence-electron chi connectivity index (χ2n) is 9.63. The molecule has 1 aliphatic carbocycles. The van der Waals surface area contributed by atoms with Crippen LogP contribution >= 0.6 is 0 Å². The highest BCUT2D eigenvalue weighted by atomic mass is 19.3. The molecule has 3 aromatic rings. The van der Waals surface area contributed by atoms with Gasteiger partial charge in [0.15, 0.2) is 11.6 Å². The van der Waals surface area contributed by atoms with Crippen molar-refractivity contribution >= 4 is 0 Å². The summed E-state index contributed by atoms with van der Waals surface area (Å²) in [5.74, 6) is -0.839. The SMILES string of the molecule is CCCC[C@H]1CC[C@H](c2ccc(-c3cc(C)c(F)c(F)c3Oc3ccc(OC(F)F)cc3)cc2)CC1. The van der Waals surface area contributed by atoms with Crippen LogP contribution in [-0.4, -0.2) is 6.61 Å². The van der Waals surface area contributed by atoms with Crippen molar-refractivity contribution in [2.24, 2.45) is 5.92 Å². The smallest absolute Gasteiger partial charge is 0.387 e. The standard InChI is InChI=1S/C30H32F4O2/c1-3-4-5-20-6-8-21(9-7-20)22-10-12-23(13-11-22)26-18-19(2)27(31)28(32)29(26)35-24-14-16-25(17-15-24)36-30(33)34/h10-18,20-21,30H,3-9H2,1-2H3/t20-,21-. The summed E-state index contributed by atoms with van der Waals surface area (Å²) in [4.78, 5) is 0. The molecule has 3 aromatic carbocycles. The van der Waals surface area contributed by atoms with E-state index in [0.717, 1.165) is 5.92 Å². The molecular weight excluding hydrogens is 468 g/mol. The predicted octanol–water partition coefficient (Wildman–Crippen LogP) is 9.80. The summed E-state index contributed by atoms with van der Waals surface area (Å²) in [5.41, 5.74) is 2.58. The largest absolute Gasteiger partial charge is 0.454 e. The first kappa shape index (κ1) is 26.1. The Hall–Kier alpha value is -3.02. The third-order valence-corrected chi connectivity index (χ3v) is 7.12. The van der Waals surface area contributed by atoms with Crippen molar-refractivity contribution < 1.29 is 27.0 Å². The van der Waals surface area contributed by atoms with E-state index >= 15 is 4.39 Å². The van der Waals surface area contributed by atoms with Crippen molar-refractivity contribution in [3.63, 3.8) is 0 Å². The number of hydrogen-bond donors (Lipinski definition) is 0. The van der Waals surface area contributed by atoms with Gasteiger partial charge >= 0.3 is 6.61 Å². The number of alkyl halides is 2. The van der Waals surface area contributed by atoms with Crippen LogP contribution in [0.2, 0.25) is 0 Å². The molecule has 4 rings (SSSR count). The summed E-state index contributed by atoms with van der Waals surface area (Å²) in [7, 11) is 0. The molecule has 36 heavy (non-hydrogen) atoms. The molecule has 6 heteroatoms. The number of ether oxygens (including phenoxy) is 2. The zero-order valence-corrected chi connectivity index (χ0v) is 20.7. The fourth-order valence-electron chi connectivity index (χ4n) is 5.07. The van der Waals surface area contributed by atoms with Gasteiger partial charge in [-0.3, -0.25) is 0 Å². The van der Waals surface area contributed by atoms with Gasteiger partial charge in [0.1, 0.15) is 11.5 Å². The zero-order chi connectivity index (χ0) is 25.7. The summed E-state index contributed by atoms with van der Waals surface area (Å²) in [6.07, 6.45) is 8.74. The van der Waals surface area contributed by atoms with Gasteiger partial charge in [-0.1, -0.05) is 50.5 Å². The number of rotatable bonds is 9. The number of aryl methyl sites for hydroxylation is 1. The van der Waals surface area contributed by atoms with E-state index in [2.05, 4.69) is 23.8 Å². The molecule has 1 aliphatic rings. The Labute approximate surface area is 210 Å². The van der Waals surface area contributed by atoms with E-state index in [4.69, 9.17) is 4.74 Å². The van der Waals surface area contributed by atoms with Crippen LogP contribution in [0.25, 0.3) is 11.1 Å².